The third-order valence-electron chi connectivity index (χ3n) is 4.46. The Morgan fingerprint density at radius 3 is 2.83 bits per heavy atom. The molecule has 0 amide bonds. The van der Waals surface area contributed by atoms with Crippen LogP contribution in [-0.2, 0) is 19.5 Å². The van der Waals surface area contributed by atoms with Crippen molar-refractivity contribution >= 4 is 0 Å². The molecular formula is C17H20N4O2. The topological polar surface area (TPSA) is 71.1 Å². The molecule has 3 aromatic rings. The highest BCUT2D eigenvalue weighted by Crippen LogP contribution is 2.32. The minimum Gasteiger partial charge on any atom is -0.465 e. The quantitative estimate of drug-likeness (QED) is 0.804. The lowest BCUT2D eigenvalue weighted by atomic mass is 10.00. The number of aromatic nitrogens is 3. The standard InChI is InChI=1S/C17H20N4O2/c1-10-4-5-13(22-10)8-21-7-6-15-14(9-21)17(19-18-15)16-11(2)20-23-12(16)3/h4-5H,6-9H2,1-3H3,(H,18,19). The lowest BCUT2D eigenvalue weighted by Crippen LogP contribution is -2.29. The van der Waals surface area contributed by atoms with Crippen LogP contribution in [0.2, 0.25) is 0 Å². The zero-order valence-electron chi connectivity index (χ0n) is 13.6. The Morgan fingerprint density at radius 1 is 1.26 bits per heavy atom. The largest absolute Gasteiger partial charge is 0.465 e. The molecule has 0 atom stereocenters. The fourth-order valence-electron chi connectivity index (χ4n) is 3.30. The van der Waals surface area contributed by atoms with Crippen molar-refractivity contribution in [3.63, 3.8) is 0 Å². The summed E-state index contributed by atoms with van der Waals surface area (Å²) in [5.41, 5.74) is 5.33. The molecule has 0 aliphatic carbocycles. The van der Waals surface area contributed by atoms with Crippen LogP contribution in [0.15, 0.2) is 21.1 Å². The fourth-order valence-corrected chi connectivity index (χ4v) is 3.30. The lowest BCUT2D eigenvalue weighted by Gasteiger charge is -2.26. The minimum atomic E-state index is 0.815. The maximum Gasteiger partial charge on any atom is 0.143 e. The molecule has 0 bridgehead atoms. The molecule has 4 rings (SSSR count). The Kier molecular flexibility index (Phi) is 3.34. The van der Waals surface area contributed by atoms with Crippen molar-refractivity contribution in [1.82, 2.24) is 20.3 Å². The fraction of sp³-hybridized carbons (Fsp3) is 0.412. The number of furan rings is 1. The minimum absolute atomic E-state index is 0.815. The molecule has 0 unspecified atom stereocenters. The highest BCUT2D eigenvalue weighted by Gasteiger charge is 2.26. The molecule has 0 radical (unpaired) electrons. The van der Waals surface area contributed by atoms with Crippen molar-refractivity contribution in [1.29, 1.82) is 0 Å². The van der Waals surface area contributed by atoms with Gasteiger partial charge in [0.15, 0.2) is 0 Å². The number of aryl methyl sites for hydroxylation is 3. The lowest BCUT2D eigenvalue weighted by molar-refractivity contribution is 0.224. The molecule has 0 saturated carbocycles. The summed E-state index contributed by atoms with van der Waals surface area (Å²) in [5, 5.41) is 11.8. The summed E-state index contributed by atoms with van der Waals surface area (Å²) < 4.78 is 11.0. The number of fused-ring (bicyclic) bond motifs is 1. The predicted octanol–water partition coefficient (Wildman–Crippen LogP) is 3.14. The van der Waals surface area contributed by atoms with Gasteiger partial charge < -0.3 is 8.94 Å². The number of nitrogens with zero attached hydrogens (tertiary/aromatic N) is 3. The summed E-state index contributed by atoms with van der Waals surface area (Å²) in [6, 6.07) is 4.06. The van der Waals surface area contributed by atoms with Crippen LogP contribution in [-0.4, -0.2) is 26.8 Å². The van der Waals surface area contributed by atoms with E-state index in [-0.39, 0.29) is 0 Å². The number of rotatable bonds is 3. The molecule has 0 saturated heterocycles. The van der Waals surface area contributed by atoms with E-state index in [1.54, 1.807) is 0 Å². The van der Waals surface area contributed by atoms with E-state index in [0.717, 1.165) is 60.3 Å². The van der Waals surface area contributed by atoms with Gasteiger partial charge in [-0.05, 0) is 32.9 Å². The predicted molar refractivity (Wildman–Crippen MR) is 84.8 cm³/mol. The summed E-state index contributed by atoms with van der Waals surface area (Å²) in [4.78, 5) is 2.39. The summed E-state index contributed by atoms with van der Waals surface area (Å²) in [5.74, 6) is 2.78. The Morgan fingerprint density at radius 2 is 2.13 bits per heavy atom. The van der Waals surface area contributed by atoms with Gasteiger partial charge in [-0.3, -0.25) is 10.00 Å². The van der Waals surface area contributed by atoms with E-state index in [0.29, 0.717) is 0 Å². The molecule has 1 N–H and O–H groups in total. The first-order valence-corrected chi connectivity index (χ1v) is 7.89. The molecule has 0 aromatic carbocycles. The third kappa shape index (κ3) is 2.49. The first-order valence-electron chi connectivity index (χ1n) is 7.89. The second kappa shape index (κ2) is 5.38. The van der Waals surface area contributed by atoms with Gasteiger partial charge in [-0.1, -0.05) is 5.16 Å². The van der Waals surface area contributed by atoms with Crippen LogP contribution in [0.3, 0.4) is 0 Å². The molecule has 6 heteroatoms. The first-order chi connectivity index (χ1) is 11.1. The molecule has 23 heavy (non-hydrogen) atoms. The average molecular weight is 312 g/mol. The Balaban J connectivity index is 1.63. The number of hydrogen-bond acceptors (Lipinski definition) is 5. The molecule has 120 valence electrons. The molecule has 1 aliphatic heterocycles. The van der Waals surface area contributed by atoms with Crippen LogP contribution in [0.25, 0.3) is 11.3 Å². The smallest absolute Gasteiger partial charge is 0.143 e. The van der Waals surface area contributed by atoms with E-state index < -0.39 is 0 Å². The van der Waals surface area contributed by atoms with Crippen LogP contribution in [0.4, 0.5) is 0 Å². The van der Waals surface area contributed by atoms with Crippen LogP contribution < -0.4 is 0 Å². The SMILES string of the molecule is Cc1ccc(CN2CCc3[nH]nc(-c4c(C)noc4C)c3C2)o1. The number of H-pyrrole nitrogens is 1. The maximum absolute atomic E-state index is 5.71. The second-order valence-corrected chi connectivity index (χ2v) is 6.20. The van der Waals surface area contributed by atoms with Gasteiger partial charge in [-0.25, -0.2) is 0 Å². The Hall–Kier alpha value is -2.34. The second-order valence-electron chi connectivity index (χ2n) is 6.20. The van der Waals surface area contributed by atoms with E-state index in [9.17, 15) is 0 Å². The first kappa shape index (κ1) is 14.3. The van der Waals surface area contributed by atoms with Crippen molar-refractivity contribution in [3.05, 3.63) is 46.4 Å². The van der Waals surface area contributed by atoms with Gasteiger partial charge >= 0.3 is 0 Å². The van der Waals surface area contributed by atoms with Gasteiger partial charge in [-0.2, -0.15) is 5.10 Å². The van der Waals surface area contributed by atoms with E-state index in [1.807, 2.05) is 26.8 Å². The monoisotopic (exact) mass is 312 g/mol. The van der Waals surface area contributed by atoms with Gasteiger partial charge in [-0.15, -0.1) is 0 Å². The zero-order chi connectivity index (χ0) is 16.0. The van der Waals surface area contributed by atoms with Crippen LogP contribution >= 0.6 is 0 Å². The maximum atomic E-state index is 5.71. The van der Waals surface area contributed by atoms with Crippen LogP contribution in [0.1, 0.15) is 34.2 Å². The van der Waals surface area contributed by atoms with Crippen molar-refractivity contribution in [2.45, 2.75) is 40.3 Å². The molecule has 0 spiro atoms. The normalized spacial score (nSPS) is 15.1. The third-order valence-corrected chi connectivity index (χ3v) is 4.46. The van der Waals surface area contributed by atoms with Crippen molar-refractivity contribution in [2.24, 2.45) is 0 Å². The van der Waals surface area contributed by atoms with Gasteiger partial charge in [0.05, 0.1) is 17.8 Å². The summed E-state index contributed by atoms with van der Waals surface area (Å²) >= 11 is 0. The summed E-state index contributed by atoms with van der Waals surface area (Å²) in [6.07, 6.45) is 0.964. The summed E-state index contributed by atoms with van der Waals surface area (Å²) in [7, 11) is 0. The average Bonchev–Trinajstić information content (AvgIpc) is 3.20. The Labute approximate surface area is 134 Å². The van der Waals surface area contributed by atoms with Crippen LogP contribution in [0, 0.1) is 20.8 Å². The van der Waals surface area contributed by atoms with E-state index in [2.05, 4.69) is 26.3 Å². The van der Waals surface area contributed by atoms with Crippen LogP contribution in [0.5, 0.6) is 0 Å². The molecule has 3 aromatic heterocycles. The van der Waals surface area contributed by atoms with Crippen molar-refractivity contribution in [2.75, 3.05) is 6.54 Å². The zero-order valence-corrected chi connectivity index (χ0v) is 13.6. The molecule has 6 nitrogen and oxygen atoms in total. The summed E-state index contributed by atoms with van der Waals surface area (Å²) in [6.45, 7) is 8.53. The van der Waals surface area contributed by atoms with E-state index in [1.165, 1.54) is 11.3 Å². The highest BCUT2D eigenvalue weighted by atomic mass is 16.5. The van der Waals surface area contributed by atoms with Crippen molar-refractivity contribution < 1.29 is 8.94 Å². The van der Waals surface area contributed by atoms with Gasteiger partial charge in [0.2, 0.25) is 0 Å². The number of aromatic amines is 1. The molecule has 0 fully saturated rings. The number of nitrogens with one attached hydrogen (secondary N) is 1. The van der Waals surface area contributed by atoms with E-state index in [4.69, 9.17) is 8.94 Å². The van der Waals surface area contributed by atoms with E-state index >= 15 is 0 Å². The highest BCUT2D eigenvalue weighted by molar-refractivity contribution is 5.68. The molecule has 4 heterocycles. The van der Waals surface area contributed by atoms with Gasteiger partial charge in [0.1, 0.15) is 23.0 Å². The van der Waals surface area contributed by atoms with Crippen molar-refractivity contribution in [3.8, 4) is 11.3 Å². The van der Waals surface area contributed by atoms with Gasteiger partial charge in [0, 0.05) is 30.8 Å². The Bertz CT molecular complexity index is 823. The molecular weight excluding hydrogens is 292 g/mol. The van der Waals surface area contributed by atoms with Gasteiger partial charge in [0.25, 0.3) is 0 Å². The number of hydrogen-bond donors (Lipinski definition) is 1. The molecule has 1 aliphatic rings.